The molecule has 0 saturated heterocycles. The van der Waals surface area contributed by atoms with Crippen LogP contribution in [0.15, 0.2) is 60.9 Å². The highest BCUT2D eigenvalue weighted by molar-refractivity contribution is 5.93. The average Bonchev–Trinajstić information content (AvgIpc) is 2.65. The molecule has 0 aliphatic rings. The van der Waals surface area contributed by atoms with Gasteiger partial charge in [-0.2, -0.15) is 0 Å². The molecule has 0 atom stereocenters. The fraction of sp³-hybridized carbons (Fsp3) is 0.150. The normalized spacial score (nSPS) is 10.3. The Morgan fingerprint density at radius 3 is 2.40 bits per heavy atom. The molecule has 1 aromatic heterocycles. The second-order valence-electron chi connectivity index (χ2n) is 5.84. The fourth-order valence-electron chi connectivity index (χ4n) is 2.40. The van der Waals surface area contributed by atoms with Crippen LogP contribution in [0.25, 0.3) is 0 Å². The number of benzene rings is 2. The largest absolute Gasteiger partial charge is 0.348 e. The van der Waals surface area contributed by atoms with Crippen LogP contribution in [0.2, 0.25) is 0 Å². The van der Waals surface area contributed by atoms with Gasteiger partial charge in [-0.05, 0) is 36.6 Å². The van der Waals surface area contributed by atoms with Gasteiger partial charge < -0.3 is 10.6 Å². The van der Waals surface area contributed by atoms with Crippen LogP contribution >= 0.6 is 0 Å². The van der Waals surface area contributed by atoms with E-state index in [1.165, 1.54) is 18.0 Å². The Kier molecular flexibility index (Phi) is 5.04. The summed E-state index contributed by atoms with van der Waals surface area (Å²) in [6.07, 6.45) is 3.06. The van der Waals surface area contributed by atoms with E-state index in [1.54, 1.807) is 0 Å². The van der Waals surface area contributed by atoms with E-state index in [1.807, 2.05) is 49.4 Å². The second-order valence-corrected chi connectivity index (χ2v) is 5.84. The van der Waals surface area contributed by atoms with Crippen LogP contribution in [-0.2, 0) is 6.54 Å². The van der Waals surface area contributed by atoms with Crippen molar-refractivity contribution in [1.82, 2.24) is 15.3 Å². The summed E-state index contributed by atoms with van der Waals surface area (Å²) in [5.74, 6) is 0.274. The highest BCUT2D eigenvalue weighted by Crippen LogP contribution is 2.20. The van der Waals surface area contributed by atoms with Crippen molar-refractivity contribution in [3.63, 3.8) is 0 Å². The van der Waals surface area contributed by atoms with Gasteiger partial charge in [0.1, 0.15) is 0 Å². The smallest absolute Gasteiger partial charge is 0.254 e. The van der Waals surface area contributed by atoms with Gasteiger partial charge in [0.05, 0.1) is 5.56 Å². The monoisotopic (exact) mass is 332 g/mol. The lowest BCUT2D eigenvalue weighted by atomic mass is 10.1. The minimum absolute atomic E-state index is 0.192. The third-order valence-electron chi connectivity index (χ3n) is 4.06. The third-order valence-corrected chi connectivity index (χ3v) is 4.06. The zero-order chi connectivity index (χ0) is 17.6. The predicted molar refractivity (Wildman–Crippen MR) is 98.8 cm³/mol. The Hall–Kier alpha value is -3.21. The average molecular weight is 332 g/mol. The van der Waals surface area contributed by atoms with E-state index in [4.69, 9.17) is 0 Å². The van der Waals surface area contributed by atoms with E-state index in [9.17, 15) is 4.79 Å². The van der Waals surface area contributed by atoms with Crippen molar-refractivity contribution >= 4 is 17.5 Å². The number of carbonyl (C=O) groups is 1. The molecular formula is C20H20N4O. The number of carbonyl (C=O) groups excluding carboxylic acids is 1. The molecule has 25 heavy (non-hydrogen) atoms. The van der Waals surface area contributed by atoms with Gasteiger partial charge in [-0.25, -0.2) is 9.97 Å². The van der Waals surface area contributed by atoms with Crippen molar-refractivity contribution < 1.29 is 4.79 Å². The van der Waals surface area contributed by atoms with E-state index in [0.717, 1.165) is 16.8 Å². The van der Waals surface area contributed by atoms with E-state index in [0.29, 0.717) is 18.1 Å². The van der Waals surface area contributed by atoms with Crippen LogP contribution in [0.3, 0.4) is 0 Å². The first-order valence-corrected chi connectivity index (χ1v) is 8.11. The van der Waals surface area contributed by atoms with Crippen LogP contribution in [0, 0.1) is 13.8 Å². The molecule has 0 fully saturated rings. The molecule has 2 N–H and O–H groups in total. The molecule has 0 spiro atoms. The summed E-state index contributed by atoms with van der Waals surface area (Å²) in [4.78, 5) is 20.7. The summed E-state index contributed by atoms with van der Waals surface area (Å²) >= 11 is 0. The summed E-state index contributed by atoms with van der Waals surface area (Å²) in [5.41, 5.74) is 4.78. The predicted octanol–water partition coefficient (Wildman–Crippen LogP) is 3.77. The van der Waals surface area contributed by atoms with Crippen molar-refractivity contribution in [3.8, 4) is 0 Å². The first-order chi connectivity index (χ1) is 12.1. The Labute approximate surface area is 147 Å². The lowest BCUT2D eigenvalue weighted by Gasteiger charge is -2.10. The Balaban J connectivity index is 1.63. The summed E-state index contributed by atoms with van der Waals surface area (Å²) in [7, 11) is 0. The molecule has 3 aromatic rings. The molecule has 0 aliphatic carbocycles. The molecule has 3 rings (SSSR count). The van der Waals surface area contributed by atoms with Crippen molar-refractivity contribution in [2.45, 2.75) is 20.4 Å². The number of aromatic nitrogens is 2. The number of aryl methyl sites for hydroxylation is 1. The minimum atomic E-state index is -0.192. The van der Waals surface area contributed by atoms with E-state index in [2.05, 4.69) is 33.6 Å². The first kappa shape index (κ1) is 16.6. The van der Waals surface area contributed by atoms with E-state index >= 15 is 0 Å². The quantitative estimate of drug-likeness (QED) is 0.746. The number of hydrogen-bond donors (Lipinski definition) is 2. The summed E-state index contributed by atoms with van der Waals surface area (Å²) in [6.45, 7) is 4.58. The molecular weight excluding hydrogens is 312 g/mol. The van der Waals surface area contributed by atoms with Crippen LogP contribution in [-0.4, -0.2) is 15.9 Å². The molecule has 1 amide bonds. The topological polar surface area (TPSA) is 66.9 Å². The SMILES string of the molecule is Cc1cccc(Nc2ncc(C(=O)NCc3ccccc3)cn2)c1C. The highest BCUT2D eigenvalue weighted by atomic mass is 16.1. The summed E-state index contributed by atoms with van der Waals surface area (Å²) < 4.78 is 0. The standard InChI is InChI=1S/C20H20N4O/c1-14-7-6-10-18(15(14)2)24-20-22-12-17(13-23-20)19(25)21-11-16-8-4-3-5-9-16/h3-10,12-13H,11H2,1-2H3,(H,21,25)(H,22,23,24). The molecule has 0 radical (unpaired) electrons. The third kappa shape index (κ3) is 4.20. The number of anilines is 2. The summed E-state index contributed by atoms with van der Waals surface area (Å²) in [6, 6.07) is 15.8. The lowest BCUT2D eigenvalue weighted by Crippen LogP contribution is -2.23. The number of nitrogens with one attached hydrogen (secondary N) is 2. The van der Waals surface area contributed by atoms with Crippen molar-refractivity contribution in [2.24, 2.45) is 0 Å². The molecule has 1 heterocycles. The van der Waals surface area contributed by atoms with Gasteiger partial charge in [0.2, 0.25) is 5.95 Å². The molecule has 0 aliphatic heterocycles. The van der Waals surface area contributed by atoms with Crippen molar-refractivity contribution in [2.75, 3.05) is 5.32 Å². The van der Waals surface area contributed by atoms with Gasteiger partial charge >= 0.3 is 0 Å². The Bertz CT molecular complexity index is 861. The Morgan fingerprint density at radius 1 is 0.960 bits per heavy atom. The maximum absolute atomic E-state index is 12.2. The van der Waals surface area contributed by atoms with Crippen molar-refractivity contribution in [1.29, 1.82) is 0 Å². The number of amides is 1. The lowest BCUT2D eigenvalue weighted by molar-refractivity contribution is 0.0950. The molecule has 2 aromatic carbocycles. The first-order valence-electron chi connectivity index (χ1n) is 8.11. The number of hydrogen-bond acceptors (Lipinski definition) is 4. The van der Waals surface area contributed by atoms with Gasteiger partial charge in [-0.1, -0.05) is 42.5 Å². The maximum Gasteiger partial charge on any atom is 0.254 e. The van der Waals surface area contributed by atoms with E-state index < -0.39 is 0 Å². The molecule has 0 saturated carbocycles. The van der Waals surface area contributed by atoms with Gasteiger partial charge in [0, 0.05) is 24.6 Å². The molecule has 126 valence electrons. The van der Waals surface area contributed by atoms with Crippen LogP contribution in [0.1, 0.15) is 27.0 Å². The zero-order valence-corrected chi connectivity index (χ0v) is 14.3. The second kappa shape index (κ2) is 7.57. The zero-order valence-electron chi connectivity index (χ0n) is 14.3. The van der Waals surface area contributed by atoms with Crippen molar-refractivity contribution in [3.05, 3.63) is 83.2 Å². The number of rotatable bonds is 5. The fourth-order valence-corrected chi connectivity index (χ4v) is 2.40. The van der Waals surface area contributed by atoms with Gasteiger partial charge in [0.15, 0.2) is 0 Å². The van der Waals surface area contributed by atoms with Gasteiger partial charge in [-0.15, -0.1) is 0 Å². The number of nitrogens with zero attached hydrogens (tertiary/aromatic N) is 2. The van der Waals surface area contributed by atoms with Crippen LogP contribution in [0.4, 0.5) is 11.6 Å². The minimum Gasteiger partial charge on any atom is -0.348 e. The molecule has 0 bridgehead atoms. The Morgan fingerprint density at radius 2 is 1.68 bits per heavy atom. The van der Waals surface area contributed by atoms with Gasteiger partial charge in [-0.3, -0.25) is 4.79 Å². The maximum atomic E-state index is 12.2. The highest BCUT2D eigenvalue weighted by Gasteiger charge is 2.08. The molecule has 0 unspecified atom stereocenters. The molecule has 5 nitrogen and oxygen atoms in total. The van der Waals surface area contributed by atoms with Crippen LogP contribution in [0.5, 0.6) is 0 Å². The molecule has 5 heteroatoms. The van der Waals surface area contributed by atoms with Crippen LogP contribution < -0.4 is 10.6 Å². The summed E-state index contributed by atoms with van der Waals surface area (Å²) in [5, 5.41) is 6.04. The van der Waals surface area contributed by atoms with Gasteiger partial charge in [0.25, 0.3) is 5.91 Å². The van der Waals surface area contributed by atoms with E-state index in [-0.39, 0.29) is 5.91 Å².